The van der Waals surface area contributed by atoms with Gasteiger partial charge in [-0.15, -0.1) is 0 Å². The first-order valence-electron chi connectivity index (χ1n) is 6.98. The number of hydrogen-bond acceptors (Lipinski definition) is 3. The van der Waals surface area contributed by atoms with Crippen LogP contribution in [0.15, 0.2) is 18.2 Å². The van der Waals surface area contributed by atoms with Crippen LogP contribution in [0.3, 0.4) is 0 Å². The van der Waals surface area contributed by atoms with Gasteiger partial charge in [-0.25, -0.2) is 4.39 Å². The molecule has 0 unspecified atom stereocenters. The average molecular weight is 276 g/mol. The molecule has 1 aromatic rings. The molecule has 108 valence electrons. The third kappa shape index (κ3) is 4.31. The second-order valence-corrected chi connectivity index (χ2v) is 5.19. The molecule has 20 heavy (non-hydrogen) atoms. The van der Waals surface area contributed by atoms with Crippen LogP contribution in [0, 0.1) is 17.7 Å². The zero-order chi connectivity index (χ0) is 14.4. The summed E-state index contributed by atoms with van der Waals surface area (Å²) in [5.74, 6) is 5.16. The van der Waals surface area contributed by atoms with Crippen molar-refractivity contribution < 1.29 is 9.50 Å². The highest BCUT2D eigenvalue weighted by molar-refractivity contribution is 5.41. The molecule has 0 saturated carbocycles. The summed E-state index contributed by atoms with van der Waals surface area (Å²) in [4.78, 5) is 4.71. The van der Waals surface area contributed by atoms with Crippen molar-refractivity contribution in [2.45, 2.75) is 13.0 Å². The van der Waals surface area contributed by atoms with Crippen molar-refractivity contribution in [3.05, 3.63) is 35.1 Å². The molecule has 0 radical (unpaired) electrons. The maximum absolute atomic E-state index is 13.3. The van der Waals surface area contributed by atoms with Crippen LogP contribution in [-0.4, -0.2) is 54.7 Å². The predicted molar refractivity (Wildman–Crippen MR) is 77.8 cm³/mol. The van der Waals surface area contributed by atoms with E-state index in [0.717, 1.165) is 44.7 Å². The van der Waals surface area contributed by atoms with Crippen molar-refractivity contribution in [2.24, 2.45) is 0 Å². The van der Waals surface area contributed by atoms with Gasteiger partial charge in [0.05, 0.1) is 0 Å². The Kier molecular flexibility index (Phi) is 5.54. The van der Waals surface area contributed by atoms with Crippen LogP contribution in [0.1, 0.15) is 17.5 Å². The SMILES string of the molecule is CN1CCCN(Cc2ccc(F)cc2C#CCO)CC1. The number of halogens is 1. The molecule has 4 heteroatoms. The summed E-state index contributed by atoms with van der Waals surface area (Å²) in [6, 6.07) is 4.72. The molecule has 3 nitrogen and oxygen atoms in total. The maximum Gasteiger partial charge on any atom is 0.124 e. The highest BCUT2D eigenvalue weighted by Gasteiger charge is 2.13. The van der Waals surface area contributed by atoms with E-state index in [2.05, 4.69) is 28.7 Å². The van der Waals surface area contributed by atoms with Gasteiger partial charge >= 0.3 is 0 Å². The highest BCUT2D eigenvalue weighted by atomic mass is 19.1. The molecule has 1 aromatic carbocycles. The molecule has 0 aromatic heterocycles. The van der Waals surface area contributed by atoms with Gasteiger partial charge in [0.2, 0.25) is 0 Å². The summed E-state index contributed by atoms with van der Waals surface area (Å²) in [6.07, 6.45) is 1.15. The van der Waals surface area contributed by atoms with Crippen LogP contribution in [-0.2, 0) is 6.54 Å². The first kappa shape index (κ1) is 15.0. The summed E-state index contributed by atoms with van der Waals surface area (Å²) in [5.41, 5.74) is 1.70. The molecule has 1 fully saturated rings. The van der Waals surface area contributed by atoms with Crippen LogP contribution in [0.25, 0.3) is 0 Å². The standard InChI is InChI=1S/C16H21FN2O/c1-18-7-3-8-19(10-9-18)13-15-5-6-16(17)12-14(15)4-2-11-20/h5-6,12,20H,3,7-11,13H2,1H3. The van der Waals surface area contributed by atoms with Crippen LogP contribution in [0.5, 0.6) is 0 Å². The number of hydrogen-bond donors (Lipinski definition) is 1. The Labute approximate surface area is 120 Å². The largest absolute Gasteiger partial charge is 0.384 e. The summed E-state index contributed by atoms with van der Waals surface area (Å²) < 4.78 is 13.3. The Morgan fingerprint density at radius 3 is 2.90 bits per heavy atom. The zero-order valence-electron chi connectivity index (χ0n) is 11.9. The quantitative estimate of drug-likeness (QED) is 0.825. The molecule has 0 amide bonds. The number of aliphatic hydroxyl groups is 1. The molecule has 0 bridgehead atoms. The van der Waals surface area contributed by atoms with E-state index in [1.807, 2.05) is 0 Å². The monoisotopic (exact) mass is 276 g/mol. The number of aliphatic hydroxyl groups excluding tert-OH is 1. The summed E-state index contributed by atoms with van der Waals surface area (Å²) in [7, 11) is 2.14. The molecule has 0 spiro atoms. The van der Waals surface area contributed by atoms with Gasteiger partial charge in [0.1, 0.15) is 12.4 Å². The maximum atomic E-state index is 13.3. The van der Waals surface area contributed by atoms with E-state index >= 15 is 0 Å². The number of rotatable bonds is 2. The molecule has 1 saturated heterocycles. The Bertz CT molecular complexity index is 507. The fourth-order valence-corrected chi connectivity index (χ4v) is 2.44. The van der Waals surface area contributed by atoms with Crippen LogP contribution in [0.4, 0.5) is 4.39 Å². The number of nitrogens with zero attached hydrogens (tertiary/aromatic N) is 2. The molecule has 1 N–H and O–H groups in total. The van der Waals surface area contributed by atoms with Gasteiger partial charge in [0.25, 0.3) is 0 Å². The second kappa shape index (κ2) is 7.39. The lowest BCUT2D eigenvalue weighted by atomic mass is 10.1. The van der Waals surface area contributed by atoms with Crippen LogP contribution < -0.4 is 0 Å². The molecule has 1 aliphatic rings. The number of benzene rings is 1. The van der Waals surface area contributed by atoms with E-state index < -0.39 is 0 Å². The fraction of sp³-hybridized carbons (Fsp3) is 0.500. The van der Waals surface area contributed by atoms with E-state index in [-0.39, 0.29) is 12.4 Å². The summed E-state index contributed by atoms with van der Waals surface area (Å²) in [6.45, 7) is 4.82. The lowest BCUT2D eigenvalue weighted by Crippen LogP contribution is -2.28. The van der Waals surface area contributed by atoms with Crippen molar-refractivity contribution in [2.75, 3.05) is 39.8 Å². The molecule has 0 aliphatic carbocycles. The lowest BCUT2D eigenvalue weighted by Gasteiger charge is -2.20. The van der Waals surface area contributed by atoms with Gasteiger partial charge < -0.3 is 10.0 Å². The van der Waals surface area contributed by atoms with Gasteiger partial charge in [-0.2, -0.15) is 0 Å². The lowest BCUT2D eigenvalue weighted by molar-refractivity contribution is 0.269. The molecule has 2 rings (SSSR count). The fourth-order valence-electron chi connectivity index (χ4n) is 2.44. The summed E-state index contributed by atoms with van der Waals surface area (Å²) >= 11 is 0. The van der Waals surface area contributed by atoms with Crippen LogP contribution >= 0.6 is 0 Å². The van der Waals surface area contributed by atoms with Gasteiger partial charge in [-0.1, -0.05) is 17.9 Å². The highest BCUT2D eigenvalue weighted by Crippen LogP contribution is 2.14. The van der Waals surface area contributed by atoms with E-state index in [4.69, 9.17) is 5.11 Å². The number of likely N-dealkylation sites (N-methyl/N-ethyl adjacent to an activating group) is 1. The second-order valence-electron chi connectivity index (χ2n) is 5.19. The minimum Gasteiger partial charge on any atom is -0.384 e. The van der Waals surface area contributed by atoms with E-state index in [1.54, 1.807) is 6.07 Å². The molecule has 1 heterocycles. The minimum absolute atomic E-state index is 0.204. The summed E-state index contributed by atoms with van der Waals surface area (Å²) in [5, 5.41) is 8.79. The third-order valence-electron chi connectivity index (χ3n) is 3.58. The Morgan fingerprint density at radius 1 is 1.25 bits per heavy atom. The van der Waals surface area contributed by atoms with Crippen molar-refractivity contribution in [1.82, 2.24) is 9.80 Å². The van der Waals surface area contributed by atoms with E-state index in [1.165, 1.54) is 12.1 Å². The molecular formula is C16H21FN2O. The first-order valence-corrected chi connectivity index (χ1v) is 6.98. The molecule has 1 aliphatic heterocycles. The Balaban J connectivity index is 2.11. The molecule has 0 atom stereocenters. The van der Waals surface area contributed by atoms with E-state index in [9.17, 15) is 4.39 Å². The Hall–Kier alpha value is -1.41. The minimum atomic E-state index is -0.286. The first-order chi connectivity index (χ1) is 9.69. The van der Waals surface area contributed by atoms with Crippen molar-refractivity contribution in [1.29, 1.82) is 0 Å². The zero-order valence-corrected chi connectivity index (χ0v) is 11.9. The van der Waals surface area contributed by atoms with Crippen molar-refractivity contribution in [3.8, 4) is 11.8 Å². The van der Waals surface area contributed by atoms with Crippen molar-refractivity contribution >= 4 is 0 Å². The Morgan fingerprint density at radius 2 is 2.10 bits per heavy atom. The van der Waals surface area contributed by atoms with Gasteiger partial charge in [-0.3, -0.25) is 4.90 Å². The normalized spacial score (nSPS) is 17.4. The van der Waals surface area contributed by atoms with Gasteiger partial charge in [0, 0.05) is 25.2 Å². The smallest absolute Gasteiger partial charge is 0.124 e. The van der Waals surface area contributed by atoms with Crippen molar-refractivity contribution in [3.63, 3.8) is 0 Å². The predicted octanol–water partition coefficient (Wildman–Crippen LogP) is 1.31. The third-order valence-corrected chi connectivity index (χ3v) is 3.58. The van der Waals surface area contributed by atoms with Gasteiger partial charge in [-0.05, 0) is 44.3 Å². The van der Waals surface area contributed by atoms with Crippen LogP contribution in [0.2, 0.25) is 0 Å². The molecular weight excluding hydrogens is 255 g/mol. The topological polar surface area (TPSA) is 26.7 Å². The van der Waals surface area contributed by atoms with Gasteiger partial charge in [0.15, 0.2) is 0 Å². The average Bonchev–Trinajstić information content (AvgIpc) is 2.64. The van der Waals surface area contributed by atoms with E-state index in [0.29, 0.717) is 5.56 Å².